The fourth-order valence-corrected chi connectivity index (χ4v) is 2.97. The highest BCUT2D eigenvalue weighted by molar-refractivity contribution is 6.03. The summed E-state index contributed by atoms with van der Waals surface area (Å²) in [6, 6.07) is 2.30. The molecule has 0 saturated heterocycles. The van der Waals surface area contributed by atoms with Crippen LogP contribution >= 0.6 is 0 Å². The van der Waals surface area contributed by atoms with Gasteiger partial charge in [0.05, 0.1) is 17.6 Å². The van der Waals surface area contributed by atoms with Crippen molar-refractivity contribution in [3.05, 3.63) is 41.1 Å². The molecule has 1 aliphatic rings. The Morgan fingerprint density at radius 1 is 1.33 bits per heavy atom. The maximum absolute atomic E-state index is 13.4. The fourth-order valence-electron chi connectivity index (χ4n) is 2.97. The van der Waals surface area contributed by atoms with Crippen molar-refractivity contribution in [2.45, 2.75) is 45.3 Å². The maximum Gasteiger partial charge on any atom is 0.433 e. The minimum atomic E-state index is -4.59. The minimum Gasteiger partial charge on any atom is -0.318 e. The molecule has 0 spiro atoms. The third kappa shape index (κ3) is 3.15. The third-order valence-electron chi connectivity index (χ3n) is 4.62. The largest absolute Gasteiger partial charge is 0.433 e. The van der Waals surface area contributed by atoms with Crippen LogP contribution in [0, 0.1) is 6.92 Å². The van der Waals surface area contributed by atoms with Crippen LogP contribution in [-0.2, 0) is 12.7 Å². The molecule has 1 saturated carbocycles. The van der Waals surface area contributed by atoms with E-state index in [4.69, 9.17) is 0 Å². The Bertz CT molecular complexity index is 1030. The second-order valence-electron chi connectivity index (χ2n) is 6.55. The molecule has 3 aromatic rings. The van der Waals surface area contributed by atoms with Crippen molar-refractivity contribution in [3.8, 4) is 0 Å². The predicted octanol–water partition coefficient (Wildman–Crippen LogP) is 3.40. The van der Waals surface area contributed by atoms with Crippen molar-refractivity contribution in [2.75, 3.05) is 5.32 Å². The average molecular weight is 378 g/mol. The Labute approximate surface area is 152 Å². The summed E-state index contributed by atoms with van der Waals surface area (Å²) in [5, 5.41) is 10.6. The number of carbonyl (C=O) groups excluding carboxylic acids is 1. The topological polar surface area (TPSA) is 77.1 Å². The van der Waals surface area contributed by atoms with Crippen molar-refractivity contribution < 1.29 is 18.0 Å². The summed E-state index contributed by atoms with van der Waals surface area (Å²) in [5.74, 6) is -0.564. The molecule has 1 N–H and O–H groups in total. The second kappa shape index (κ2) is 6.07. The third-order valence-corrected chi connectivity index (χ3v) is 4.62. The summed E-state index contributed by atoms with van der Waals surface area (Å²) in [6.07, 6.45) is -1.45. The van der Waals surface area contributed by atoms with Gasteiger partial charge < -0.3 is 5.32 Å². The number of halogens is 3. The van der Waals surface area contributed by atoms with Crippen LogP contribution in [-0.4, -0.2) is 30.3 Å². The quantitative estimate of drug-likeness (QED) is 0.755. The molecular weight excluding hydrogens is 361 g/mol. The molecule has 3 aromatic heterocycles. The van der Waals surface area contributed by atoms with Crippen LogP contribution in [0.2, 0.25) is 0 Å². The number of alkyl halides is 3. The summed E-state index contributed by atoms with van der Waals surface area (Å²) in [4.78, 5) is 16.8. The van der Waals surface area contributed by atoms with Crippen molar-refractivity contribution >= 4 is 17.2 Å². The summed E-state index contributed by atoms with van der Waals surface area (Å²) >= 11 is 0. The Morgan fingerprint density at radius 2 is 2.07 bits per heavy atom. The van der Waals surface area contributed by atoms with Gasteiger partial charge in [0.15, 0.2) is 11.3 Å². The smallest absolute Gasteiger partial charge is 0.318 e. The zero-order valence-corrected chi connectivity index (χ0v) is 14.7. The number of nitrogens with zero attached hydrogens (tertiary/aromatic N) is 5. The zero-order chi connectivity index (χ0) is 19.3. The lowest BCUT2D eigenvalue weighted by atomic mass is 10.2. The van der Waals surface area contributed by atoms with Crippen LogP contribution in [0.4, 0.5) is 18.9 Å². The molecule has 0 radical (unpaired) electrons. The first kappa shape index (κ1) is 17.5. The number of carbonyl (C=O) groups is 1. The van der Waals surface area contributed by atoms with Crippen LogP contribution in [0.15, 0.2) is 18.3 Å². The van der Waals surface area contributed by atoms with E-state index >= 15 is 0 Å². The molecule has 0 aliphatic heterocycles. The van der Waals surface area contributed by atoms with Gasteiger partial charge in [-0.3, -0.25) is 9.48 Å². The van der Waals surface area contributed by atoms with Crippen molar-refractivity contribution in [1.29, 1.82) is 0 Å². The number of amides is 1. The van der Waals surface area contributed by atoms with Gasteiger partial charge >= 0.3 is 6.18 Å². The number of anilines is 1. The lowest BCUT2D eigenvalue weighted by Crippen LogP contribution is -2.16. The lowest BCUT2D eigenvalue weighted by Gasteiger charge is -2.10. The van der Waals surface area contributed by atoms with E-state index in [1.807, 2.05) is 6.92 Å². The summed E-state index contributed by atoms with van der Waals surface area (Å²) in [6.45, 7) is 4.34. The van der Waals surface area contributed by atoms with Gasteiger partial charge in [0.1, 0.15) is 5.69 Å². The minimum absolute atomic E-state index is 0.0119. The molecule has 142 valence electrons. The molecule has 0 unspecified atom stereocenters. The lowest BCUT2D eigenvalue weighted by molar-refractivity contribution is -0.142. The molecular formula is C17H17F3N6O. The Hall–Kier alpha value is -2.91. The van der Waals surface area contributed by atoms with E-state index in [-0.39, 0.29) is 17.3 Å². The Balaban J connectivity index is 1.72. The van der Waals surface area contributed by atoms with Gasteiger partial charge in [0.25, 0.3) is 5.91 Å². The first-order valence-corrected chi connectivity index (χ1v) is 8.59. The normalized spacial score (nSPS) is 14.7. The molecule has 1 amide bonds. The second-order valence-corrected chi connectivity index (χ2v) is 6.55. The van der Waals surface area contributed by atoms with Gasteiger partial charge in [0.2, 0.25) is 0 Å². The maximum atomic E-state index is 13.4. The van der Waals surface area contributed by atoms with Crippen molar-refractivity contribution in [3.63, 3.8) is 0 Å². The molecule has 7 nitrogen and oxygen atoms in total. The molecule has 4 rings (SSSR count). The van der Waals surface area contributed by atoms with Gasteiger partial charge in [-0.2, -0.15) is 23.4 Å². The Morgan fingerprint density at radius 3 is 2.67 bits per heavy atom. The number of aryl methyl sites for hydroxylation is 1. The molecule has 3 heterocycles. The highest BCUT2D eigenvalue weighted by Gasteiger charge is 2.37. The SMILES string of the molecule is CCn1ncc(NC(=O)c2cc3nc(C4CC4)cc(C(F)(F)F)n3n2)c1C. The molecule has 0 aromatic carbocycles. The van der Waals surface area contributed by atoms with Crippen molar-refractivity contribution in [2.24, 2.45) is 0 Å². The van der Waals surface area contributed by atoms with Crippen LogP contribution in [0.3, 0.4) is 0 Å². The van der Waals surface area contributed by atoms with E-state index in [9.17, 15) is 18.0 Å². The number of hydrogen-bond acceptors (Lipinski definition) is 4. The van der Waals surface area contributed by atoms with E-state index in [0.29, 0.717) is 22.4 Å². The first-order valence-electron chi connectivity index (χ1n) is 8.59. The number of aromatic nitrogens is 5. The molecule has 1 aliphatic carbocycles. The van der Waals surface area contributed by atoms with Gasteiger partial charge in [-0.05, 0) is 32.8 Å². The monoisotopic (exact) mass is 378 g/mol. The fraction of sp³-hybridized carbons (Fsp3) is 0.412. The predicted molar refractivity (Wildman–Crippen MR) is 90.6 cm³/mol. The number of hydrogen-bond donors (Lipinski definition) is 1. The highest BCUT2D eigenvalue weighted by atomic mass is 19.4. The van der Waals surface area contributed by atoms with Crippen LogP contribution in [0.25, 0.3) is 5.65 Å². The summed E-state index contributed by atoms with van der Waals surface area (Å²) in [7, 11) is 0. The first-order chi connectivity index (χ1) is 12.8. The van der Waals surface area contributed by atoms with Gasteiger partial charge in [0, 0.05) is 24.2 Å². The van der Waals surface area contributed by atoms with Crippen LogP contribution in [0.5, 0.6) is 0 Å². The van der Waals surface area contributed by atoms with Gasteiger partial charge in [-0.15, -0.1) is 0 Å². The van der Waals surface area contributed by atoms with E-state index in [2.05, 4.69) is 20.5 Å². The molecule has 0 bridgehead atoms. The zero-order valence-electron chi connectivity index (χ0n) is 14.7. The molecule has 10 heteroatoms. The van der Waals surface area contributed by atoms with Gasteiger partial charge in [-0.25, -0.2) is 9.50 Å². The summed E-state index contributed by atoms with van der Waals surface area (Å²) in [5.41, 5.74) is 0.578. The molecule has 1 fully saturated rings. The van der Waals surface area contributed by atoms with Gasteiger partial charge in [-0.1, -0.05) is 0 Å². The number of rotatable bonds is 4. The molecule has 0 atom stereocenters. The standard InChI is InChI=1S/C17H17F3N6O/c1-3-25-9(2)13(8-21-25)23-16(27)12-7-15-22-11(10-4-5-10)6-14(17(18,19)20)26(15)24-12/h6-8,10H,3-5H2,1-2H3,(H,23,27). The Kier molecular flexibility index (Phi) is 3.93. The number of fused-ring (bicyclic) bond motifs is 1. The van der Waals surface area contributed by atoms with E-state index in [0.717, 1.165) is 24.6 Å². The van der Waals surface area contributed by atoms with E-state index in [1.165, 1.54) is 12.3 Å². The van der Waals surface area contributed by atoms with Crippen molar-refractivity contribution in [1.82, 2.24) is 24.4 Å². The van der Waals surface area contributed by atoms with E-state index in [1.54, 1.807) is 11.6 Å². The van der Waals surface area contributed by atoms with Crippen LogP contribution in [0.1, 0.15) is 53.3 Å². The molecule has 27 heavy (non-hydrogen) atoms. The highest BCUT2D eigenvalue weighted by Crippen LogP contribution is 2.41. The average Bonchev–Trinajstić information content (AvgIpc) is 3.28. The summed E-state index contributed by atoms with van der Waals surface area (Å²) < 4.78 is 42.7. The van der Waals surface area contributed by atoms with Crippen LogP contribution < -0.4 is 5.32 Å². The van der Waals surface area contributed by atoms with E-state index < -0.39 is 17.8 Å². The number of nitrogens with one attached hydrogen (secondary N) is 1.